The molecule has 0 bridgehead atoms. The summed E-state index contributed by atoms with van der Waals surface area (Å²) >= 11 is 1.93. The molecule has 0 aromatic heterocycles. The van der Waals surface area contributed by atoms with Gasteiger partial charge in [-0.15, -0.1) is 0 Å². The van der Waals surface area contributed by atoms with Gasteiger partial charge in [-0.2, -0.15) is 11.8 Å². The predicted octanol–water partition coefficient (Wildman–Crippen LogP) is 3.88. The lowest BCUT2D eigenvalue weighted by atomic mass is 10.0. The number of nitrogens with one attached hydrogen (secondary N) is 1. The van der Waals surface area contributed by atoms with Crippen LogP contribution in [-0.4, -0.2) is 25.2 Å². The fraction of sp³-hybridized carbons (Fsp3) is 0.625. The molecule has 1 aromatic carbocycles. The SMILES string of the molecule is COc1ccc(C(NC(C)CCSC)C2CC2)cc1. The fourth-order valence-electron chi connectivity index (χ4n) is 2.43. The number of hydrogen-bond donors (Lipinski definition) is 1. The third-order valence-electron chi connectivity index (χ3n) is 3.79. The van der Waals surface area contributed by atoms with Crippen molar-refractivity contribution in [2.24, 2.45) is 5.92 Å². The first-order valence-corrected chi connectivity index (χ1v) is 8.53. The van der Waals surface area contributed by atoms with Crippen molar-refractivity contribution in [2.75, 3.05) is 19.1 Å². The van der Waals surface area contributed by atoms with E-state index in [4.69, 9.17) is 4.74 Å². The minimum Gasteiger partial charge on any atom is -0.497 e. The Morgan fingerprint density at radius 2 is 2.00 bits per heavy atom. The van der Waals surface area contributed by atoms with Crippen molar-refractivity contribution >= 4 is 11.8 Å². The van der Waals surface area contributed by atoms with Crippen LogP contribution in [0.1, 0.15) is 37.8 Å². The molecule has 106 valence electrons. The van der Waals surface area contributed by atoms with Crippen LogP contribution in [0.4, 0.5) is 0 Å². The van der Waals surface area contributed by atoms with Crippen molar-refractivity contribution in [3.05, 3.63) is 29.8 Å². The molecule has 0 spiro atoms. The number of rotatable bonds is 8. The predicted molar refractivity (Wildman–Crippen MR) is 84.1 cm³/mol. The monoisotopic (exact) mass is 279 g/mol. The number of hydrogen-bond acceptors (Lipinski definition) is 3. The van der Waals surface area contributed by atoms with E-state index in [9.17, 15) is 0 Å². The Kier molecular flexibility index (Phi) is 5.59. The summed E-state index contributed by atoms with van der Waals surface area (Å²) in [6.45, 7) is 2.30. The zero-order valence-electron chi connectivity index (χ0n) is 12.2. The average Bonchev–Trinajstić information content (AvgIpc) is 3.27. The van der Waals surface area contributed by atoms with Crippen LogP contribution in [-0.2, 0) is 0 Å². The van der Waals surface area contributed by atoms with E-state index in [1.807, 2.05) is 11.8 Å². The van der Waals surface area contributed by atoms with E-state index in [0.29, 0.717) is 12.1 Å². The quantitative estimate of drug-likeness (QED) is 0.780. The van der Waals surface area contributed by atoms with Gasteiger partial charge in [-0.1, -0.05) is 12.1 Å². The standard InChI is InChI=1S/C16H25NOS/c1-12(10-11-19-3)17-16(13-4-5-13)14-6-8-15(18-2)9-7-14/h6-9,12-13,16-17H,4-5,10-11H2,1-3H3. The van der Waals surface area contributed by atoms with E-state index in [0.717, 1.165) is 11.7 Å². The van der Waals surface area contributed by atoms with Gasteiger partial charge in [-0.3, -0.25) is 0 Å². The van der Waals surface area contributed by atoms with Crippen LogP contribution in [0.3, 0.4) is 0 Å². The molecule has 0 radical (unpaired) electrons. The Hall–Kier alpha value is -0.670. The Morgan fingerprint density at radius 3 is 2.53 bits per heavy atom. The van der Waals surface area contributed by atoms with E-state index < -0.39 is 0 Å². The molecule has 0 heterocycles. The number of thioether (sulfide) groups is 1. The third kappa shape index (κ3) is 4.43. The van der Waals surface area contributed by atoms with Gasteiger partial charge in [0.15, 0.2) is 0 Å². The average molecular weight is 279 g/mol. The van der Waals surface area contributed by atoms with Gasteiger partial charge in [0, 0.05) is 12.1 Å². The molecule has 1 aliphatic carbocycles. The molecule has 1 saturated carbocycles. The summed E-state index contributed by atoms with van der Waals surface area (Å²) in [5, 5.41) is 3.81. The minimum atomic E-state index is 0.516. The van der Waals surface area contributed by atoms with Crippen LogP contribution in [0.2, 0.25) is 0 Å². The van der Waals surface area contributed by atoms with E-state index >= 15 is 0 Å². The molecule has 3 heteroatoms. The Balaban J connectivity index is 1.98. The molecule has 1 fully saturated rings. The van der Waals surface area contributed by atoms with Gasteiger partial charge in [0.05, 0.1) is 7.11 Å². The molecule has 1 aromatic rings. The summed E-state index contributed by atoms with van der Waals surface area (Å²) in [6, 6.07) is 9.65. The van der Waals surface area contributed by atoms with Crippen LogP contribution in [0, 0.1) is 5.92 Å². The first-order valence-electron chi connectivity index (χ1n) is 7.13. The Labute approximate surface area is 121 Å². The molecule has 1 N–H and O–H groups in total. The van der Waals surface area contributed by atoms with Gasteiger partial charge in [0.25, 0.3) is 0 Å². The van der Waals surface area contributed by atoms with Crippen LogP contribution >= 0.6 is 11.8 Å². The second-order valence-corrected chi connectivity index (χ2v) is 6.42. The summed E-state index contributed by atoms with van der Waals surface area (Å²) < 4.78 is 5.24. The van der Waals surface area contributed by atoms with E-state index in [-0.39, 0.29) is 0 Å². The lowest BCUT2D eigenvalue weighted by Crippen LogP contribution is -2.32. The van der Waals surface area contributed by atoms with Gasteiger partial charge in [0.1, 0.15) is 5.75 Å². The summed E-state index contributed by atoms with van der Waals surface area (Å²) in [5.41, 5.74) is 1.40. The van der Waals surface area contributed by atoms with Crippen molar-refractivity contribution in [3.63, 3.8) is 0 Å². The highest BCUT2D eigenvalue weighted by Gasteiger charge is 2.32. The van der Waals surface area contributed by atoms with Gasteiger partial charge in [-0.25, -0.2) is 0 Å². The van der Waals surface area contributed by atoms with Gasteiger partial charge in [-0.05, 0) is 61.8 Å². The van der Waals surface area contributed by atoms with Crippen LogP contribution in [0.25, 0.3) is 0 Å². The number of methoxy groups -OCH3 is 1. The second kappa shape index (κ2) is 7.20. The Morgan fingerprint density at radius 1 is 1.32 bits per heavy atom. The maximum atomic E-state index is 5.24. The molecule has 19 heavy (non-hydrogen) atoms. The molecule has 0 aliphatic heterocycles. The number of benzene rings is 1. The fourth-order valence-corrected chi connectivity index (χ4v) is 3.02. The highest BCUT2D eigenvalue weighted by atomic mass is 32.2. The van der Waals surface area contributed by atoms with Crippen molar-refractivity contribution < 1.29 is 4.74 Å². The zero-order chi connectivity index (χ0) is 13.7. The van der Waals surface area contributed by atoms with Gasteiger partial charge < -0.3 is 10.1 Å². The maximum Gasteiger partial charge on any atom is 0.118 e. The molecular weight excluding hydrogens is 254 g/mol. The van der Waals surface area contributed by atoms with Crippen LogP contribution in [0.5, 0.6) is 5.75 Å². The lowest BCUT2D eigenvalue weighted by Gasteiger charge is -2.24. The van der Waals surface area contributed by atoms with Crippen molar-refractivity contribution in [3.8, 4) is 5.75 Å². The molecule has 2 unspecified atom stereocenters. The normalized spacial score (nSPS) is 18.1. The highest BCUT2D eigenvalue weighted by molar-refractivity contribution is 7.98. The molecule has 1 aliphatic rings. The first kappa shape index (κ1) is 14.7. The van der Waals surface area contributed by atoms with Crippen LogP contribution in [0.15, 0.2) is 24.3 Å². The highest BCUT2D eigenvalue weighted by Crippen LogP contribution is 2.41. The lowest BCUT2D eigenvalue weighted by molar-refractivity contribution is 0.407. The van der Waals surface area contributed by atoms with Gasteiger partial charge >= 0.3 is 0 Å². The number of ether oxygens (including phenoxy) is 1. The van der Waals surface area contributed by atoms with Crippen molar-refractivity contribution in [2.45, 2.75) is 38.3 Å². The van der Waals surface area contributed by atoms with E-state index in [1.54, 1.807) is 7.11 Å². The summed E-state index contributed by atoms with van der Waals surface area (Å²) in [4.78, 5) is 0. The van der Waals surface area contributed by atoms with Crippen molar-refractivity contribution in [1.82, 2.24) is 5.32 Å². The zero-order valence-corrected chi connectivity index (χ0v) is 13.0. The summed E-state index contributed by atoms with van der Waals surface area (Å²) in [5.74, 6) is 2.99. The largest absolute Gasteiger partial charge is 0.497 e. The van der Waals surface area contributed by atoms with Crippen molar-refractivity contribution in [1.29, 1.82) is 0 Å². The van der Waals surface area contributed by atoms with E-state index in [1.165, 1.54) is 30.6 Å². The molecule has 0 saturated heterocycles. The molecule has 0 amide bonds. The second-order valence-electron chi connectivity index (χ2n) is 5.44. The van der Waals surface area contributed by atoms with Crippen LogP contribution < -0.4 is 10.1 Å². The smallest absolute Gasteiger partial charge is 0.118 e. The molecular formula is C16H25NOS. The minimum absolute atomic E-state index is 0.516. The van der Waals surface area contributed by atoms with Gasteiger partial charge in [0.2, 0.25) is 0 Å². The molecule has 2 nitrogen and oxygen atoms in total. The maximum absolute atomic E-state index is 5.24. The summed E-state index contributed by atoms with van der Waals surface area (Å²) in [6.07, 6.45) is 6.13. The first-order chi connectivity index (χ1) is 9.24. The topological polar surface area (TPSA) is 21.3 Å². The third-order valence-corrected chi connectivity index (χ3v) is 4.43. The Bertz CT molecular complexity index is 375. The molecule has 2 rings (SSSR count). The summed E-state index contributed by atoms with van der Waals surface area (Å²) in [7, 11) is 1.72. The van der Waals surface area contributed by atoms with E-state index in [2.05, 4.69) is 42.8 Å². The molecule has 2 atom stereocenters.